The Labute approximate surface area is 162 Å². The van der Waals surface area contributed by atoms with Crippen molar-refractivity contribution < 1.29 is 4.79 Å². The van der Waals surface area contributed by atoms with Crippen LogP contribution in [0.25, 0.3) is 10.9 Å². The van der Waals surface area contributed by atoms with Crippen molar-refractivity contribution >= 4 is 34.8 Å². The number of para-hydroxylation sites is 1. The third kappa shape index (κ3) is 4.74. The number of aromatic nitrogens is 3. The number of aryl methyl sites for hydroxylation is 2. The van der Waals surface area contributed by atoms with Gasteiger partial charge in [0.15, 0.2) is 5.16 Å². The summed E-state index contributed by atoms with van der Waals surface area (Å²) in [5, 5.41) is 5.69. The lowest BCUT2D eigenvalue weighted by Crippen LogP contribution is -2.19. The highest BCUT2D eigenvalue weighted by Crippen LogP contribution is 2.19. The number of thioether (sulfide) groups is 1. The number of amides is 1. The van der Waals surface area contributed by atoms with Gasteiger partial charge in [-0.2, -0.15) is 5.10 Å². The smallest absolute Gasteiger partial charge is 0.250 e. The topological polar surface area (TPSA) is 72.2 Å². The summed E-state index contributed by atoms with van der Waals surface area (Å²) in [7, 11) is 0. The molecule has 0 saturated heterocycles. The van der Waals surface area contributed by atoms with Gasteiger partial charge < -0.3 is 4.57 Å². The monoisotopic (exact) mass is 377 g/mol. The normalized spacial score (nSPS) is 11.0. The van der Waals surface area contributed by atoms with Gasteiger partial charge in [0.05, 0.1) is 18.5 Å². The average molecular weight is 377 g/mol. The van der Waals surface area contributed by atoms with E-state index in [2.05, 4.69) is 26.4 Å². The third-order valence-electron chi connectivity index (χ3n) is 3.77. The maximum atomic E-state index is 12.0. The lowest BCUT2D eigenvalue weighted by molar-refractivity contribution is -0.118. The van der Waals surface area contributed by atoms with Gasteiger partial charge in [0.1, 0.15) is 0 Å². The molecule has 0 saturated carbocycles. The molecule has 1 amide bonds. The highest BCUT2D eigenvalue weighted by Gasteiger charge is 2.07. The molecule has 3 rings (SSSR count). The van der Waals surface area contributed by atoms with E-state index in [9.17, 15) is 4.79 Å². The number of hydrazone groups is 1. The van der Waals surface area contributed by atoms with Crippen molar-refractivity contribution in [1.29, 1.82) is 0 Å². The molecule has 27 heavy (non-hydrogen) atoms. The summed E-state index contributed by atoms with van der Waals surface area (Å²) in [5.41, 5.74) is 6.23. The average Bonchev–Trinajstić information content (AvgIpc) is 2.98. The van der Waals surface area contributed by atoms with Crippen LogP contribution >= 0.6 is 11.8 Å². The molecule has 0 unspecified atom stereocenters. The molecule has 0 spiro atoms. The number of rotatable bonds is 6. The van der Waals surface area contributed by atoms with Crippen LogP contribution in [0.4, 0.5) is 0 Å². The first-order valence-electron chi connectivity index (χ1n) is 8.35. The first kappa shape index (κ1) is 18.7. The number of hydrogen-bond donors (Lipinski definition) is 1. The highest BCUT2D eigenvalue weighted by atomic mass is 32.2. The summed E-state index contributed by atoms with van der Waals surface area (Å²) in [6.45, 7) is 4.28. The molecule has 1 N–H and O–H groups in total. The van der Waals surface area contributed by atoms with Gasteiger partial charge in [0.2, 0.25) is 0 Å². The number of nitrogens with zero attached hydrogens (tertiary/aromatic N) is 4. The van der Waals surface area contributed by atoms with Gasteiger partial charge in [-0.1, -0.05) is 35.9 Å². The van der Waals surface area contributed by atoms with E-state index in [0.29, 0.717) is 11.7 Å². The van der Waals surface area contributed by atoms with Crippen LogP contribution in [0, 0.1) is 26.2 Å². The Kier molecular flexibility index (Phi) is 5.89. The predicted octanol–water partition coefficient (Wildman–Crippen LogP) is 2.92. The molecule has 0 aliphatic carbocycles. The van der Waals surface area contributed by atoms with Crippen molar-refractivity contribution in [2.75, 3.05) is 5.75 Å². The van der Waals surface area contributed by atoms with Crippen molar-refractivity contribution in [2.24, 2.45) is 5.10 Å². The molecule has 136 valence electrons. The minimum Gasteiger partial charge on any atom is -0.335 e. The maximum Gasteiger partial charge on any atom is 0.250 e. The zero-order valence-electron chi connectivity index (χ0n) is 15.1. The molecule has 0 bridgehead atoms. The Bertz CT molecular complexity index is 1030. The van der Waals surface area contributed by atoms with Gasteiger partial charge >= 0.3 is 0 Å². The zero-order chi connectivity index (χ0) is 19.2. The minimum absolute atomic E-state index is 0.194. The summed E-state index contributed by atoms with van der Waals surface area (Å²) in [4.78, 5) is 20.6. The van der Waals surface area contributed by atoms with E-state index in [-0.39, 0.29) is 11.7 Å². The molecule has 6 nitrogen and oxygen atoms in total. The van der Waals surface area contributed by atoms with E-state index in [4.69, 9.17) is 6.42 Å². The highest BCUT2D eigenvalue weighted by molar-refractivity contribution is 7.99. The molecule has 0 radical (unpaired) electrons. The number of fused-ring (bicyclic) bond motifs is 1. The standard InChI is InChI=1S/C20H19N5OS/c1-4-9-25-12-16(17-7-5-6-8-18(17)25)11-21-24-19(26)13-27-20-22-14(2)10-15(3)23-20/h1,5-8,10-12H,9,13H2,2-3H3,(H,24,26)/b21-11-. The number of hydrogen-bond acceptors (Lipinski definition) is 5. The molecule has 3 aromatic rings. The van der Waals surface area contributed by atoms with Crippen LogP contribution in [0.15, 0.2) is 46.8 Å². The third-order valence-corrected chi connectivity index (χ3v) is 4.62. The van der Waals surface area contributed by atoms with E-state index in [1.54, 1.807) is 6.21 Å². The van der Waals surface area contributed by atoms with Crippen LogP contribution in [-0.2, 0) is 11.3 Å². The molecule has 2 aromatic heterocycles. The van der Waals surface area contributed by atoms with Gasteiger partial charge in [-0.15, -0.1) is 6.42 Å². The maximum absolute atomic E-state index is 12.0. The molecule has 0 atom stereocenters. The Balaban J connectivity index is 1.63. The van der Waals surface area contributed by atoms with E-state index in [1.165, 1.54) is 11.8 Å². The molecule has 1 aromatic carbocycles. The second-order valence-electron chi connectivity index (χ2n) is 5.95. The second-order valence-corrected chi connectivity index (χ2v) is 6.89. The van der Waals surface area contributed by atoms with Crippen molar-refractivity contribution in [3.8, 4) is 12.3 Å². The summed E-state index contributed by atoms with van der Waals surface area (Å²) in [5.74, 6) is 2.62. The van der Waals surface area contributed by atoms with Crippen LogP contribution in [0.3, 0.4) is 0 Å². The van der Waals surface area contributed by atoms with Crippen molar-refractivity contribution in [3.63, 3.8) is 0 Å². The van der Waals surface area contributed by atoms with Gasteiger partial charge in [-0.05, 0) is 26.0 Å². The lowest BCUT2D eigenvalue weighted by atomic mass is 10.2. The van der Waals surface area contributed by atoms with E-state index in [1.807, 2.05) is 54.9 Å². The predicted molar refractivity (Wildman–Crippen MR) is 109 cm³/mol. The van der Waals surface area contributed by atoms with Crippen molar-refractivity contribution in [3.05, 3.63) is 53.5 Å². The van der Waals surface area contributed by atoms with Crippen LogP contribution in [-0.4, -0.2) is 32.4 Å². The summed E-state index contributed by atoms with van der Waals surface area (Å²) >= 11 is 1.28. The molecule has 7 heteroatoms. The Morgan fingerprint density at radius 2 is 2.07 bits per heavy atom. The fraction of sp³-hybridized carbons (Fsp3) is 0.200. The van der Waals surface area contributed by atoms with Gasteiger partial charge in [-0.25, -0.2) is 15.4 Å². The lowest BCUT2D eigenvalue weighted by Gasteiger charge is -2.02. The van der Waals surface area contributed by atoms with E-state index in [0.717, 1.165) is 27.9 Å². The fourth-order valence-electron chi connectivity index (χ4n) is 2.70. The summed E-state index contributed by atoms with van der Waals surface area (Å²) in [6, 6.07) is 9.82. The number of carbonyl (C=O) groups is 1. The Hall–Kier alpha value is -3.11. The Morgan fingerprint density at radius 1 is 1.33 bits per heavy atom. The summed E-state index contributed by atoms with van der Waals surface area (Å²) in [6.07, 6.45) is 8.99. The van der Waals surface area contributed by atoms with E-state index >= 15 is 0 Å². The van der Waals surface area contributed by atoms with Gasteiger partial charge in [0, 0.05) is 34.1 Å². The van der Waals surface area contributed by atoms with Crippen molar-refractivity contribution in [2.45, 2.75) is 25.5 Å². The van der Waals surface area contributed by atoms with Gasteiger partial charge in [0.25, 0.3) is 5.91 Å². The fourth-order valence-corrected chi connectivity index (χ4v) is 3.44. The zero-order valence-corrected chi connectivity index (χ0v) is 16.0. The van der Waals surface area contributed by atoms with Crippen LogP contribution in [0.2, 0.25) is 0 Å². The molecule has 0 aliphatic heterocycles. The first-order chi connectivity index (χ1) is 13.1. The number of carbonyl (C=O) groups excluding carboxylic acids is 1. The number of nitrogens with one attached hydrogen (secondary N) is 1. The number of terminal acetylenes is 1. The molecule has 0 fully saturated rings. The Morgan fingerprint density at radius 3 is 2.81 bits per heavy atom. The molecule has 0 aliphatic rings. The summed E-state index contributed by atoms with van der Waals surface area (Å²) < 4.78 is 1.98. The largest absolute Gasteiger partial charge is 0.335 e. The van der Waals surface area contributed by atoms with Crippen LogP contribution in [0.5, 0.6) is 0 Å². The van der Waals surface area contributed by atoms with Gasteiger partial charge in [-0.3, -0.25) is 4.79 Å². The van der Waals surface area contributed by atoms with Crippen molar-refractivity contribution in [1.82, 2.24) is 20.0 Å². The first-order valence-corrected chi connectivity index (χ1v) is 9.33. The quantitative estimate of drug-likeness (QED) is 0.236. The molecular formula is C20H19N5OS. The molecule has 2 heterocycles. The molecular weight excluding hydrogens is 358 g/mol. The SMILES string of the molecule is C#CCn1cc(/C=N\NC(=O)CSc2nc(C)cc(C)n2)c2ccccc21. The number of benzene rings is 1. The van der Waals surface area contributed by atoms with E-state index < -0.39 is 0 Å². The second kappa shape index (κ2) is 8.52. The van der Waals surface area contributed by atoms with Crippen LogP contribution in [0.1, 0.15) is 17.0 Å². The van der Waals surface area contributed by atoms with Crippen LogP contribution < -0.4 is 5.43 Å². The minimum atomic E-state index is -0.216.